The molecule has 0 saturated carbocycles. The molecule has 0 heterocycles. The van der Waals surface area contributed by atoms with Gasteiger partial charge in [-0.25, -0.2) is 4.39 Å². The Balaban J connectivity index is 1.87. The van der Waals surface area contributed by atoms with E-state index in [-0.39, 0.29) is 5.56 Å². The molecule has 0 atom stereocenters. The summed E-state index contributed by atoms with van der Waals surface area (Å²) in [7, 11) is 0. The standard InChI is InChI=1S/C23H23F3O/c1-3-5-16-8-11-20(12-9-16)23(25,26)27-22-15-18-10-7-17(6-4-2)13-19(18)14-21(22)24/h7-15H,3-6H2,1-2H3. The SMILES string of the molecule is CCCc1ccc(C(F)(F)Oc2cc3ccc(CCC)cc3cc2F)cc1. The number of fused-ring (bicyclic) bond motifs is 1. The normalized spacial score (nSPS) is 11.7. The lowest BCUT2D eigenvalue weighted by Gasteiger charge is -2.19. The van der Waals surface area contributed by atoms with E-state index in [1.165, 1.54) is 24.3 Å². The first-order valence-electron chi connectivity index (χ1n) is 9.31. The monoisotopic (exact) mass is 372 g/mol. The van der Waals surface area contributed by atoms with E-state index in [0.29, 0.717) is 10.8 Å². The van der Waals surface area contributed by atoms with Crippen LogP contribution >= 0.6 is 0 Å². The zero-order chi connectivity index (χ0) is 19.4. The summed E-state index contributed by atoms with van der Waals surface area (Å²) in [5.74, 6) is -1.24. The Kier molecular flexibility index (Phi) is 5.73. The van der Waals surface area contributed by atoms with E-state index < -0.39 is 17.7 Å². The molecule has 3 aromatic rings. The minimum atomic E-state index is -3.61. The number of hydrogen-bond acceptors (Lipinski definition) is 1. The predicted octanol–water partition coefficient (Wildman–Crippen LogP) is 7.01. The second kappa shape index (κ2) is 8.03. The molecule has 0 aromatic heterocycles. The van der Waals surface area contributed by atoms with Crippen LogP contribution in [0.2, 0.25) is 0 Å². The average Bonchev–Trinajstić information content (AvgIpc) is 2.63. The predicted molar refractivity (Wildman–Crippen MR) is 103 cm³/mol. The van der Waals surface area contributed by atoms with Crippen LogP contribution in [0.15, 0.2) is 54.6 Å². The summed E-state index contributed by atoms with van der Waals surface area (Å²) in [6, 6.07) is 14.2. The number of hydrogen-bond donors (Lipinski definition) is 0. The molecule has 3 rings (SSSR count). The van der Waals surface area contributed by atoms with Crippen LogP contribution in [0.3, 0.4) is 0 Å². The highest BCUT2D eigenvalue weighted by Gasteiger charge is 2.35. The molecule has 0 bridgehead atoms. The molecule has 27 heavy (non-hydrogen) atoms. The third-order valence-electron chi connectivity index (χ3n) is 4.56. The van der Waals surface area contributed by atoms with Gasteiger partial charge in [0, 0.05) is 0 Å². The van der Waals surface area contributed by atoms with Gasteiger partial charge in [0.2, 0.25) is 0 Å². The molecule has 0 aliphatic carbocycles. The Bertz CT molecular complexity index is 917. The third-order valence-corrected chi connectivity index (χ3v) is 4.56. The minimum absolute atomic E-state index is 0.292. The van der Waals surface area contributed by atoms with Crippen molar-refractivity contribution in [2.75, 3.05) is 0 Å². The number of rotatable bonds is 7. The van der Waals surface area contributed by atoms with Crippen molar-refractivity contribution in [3.8, 4) is 5.75 Å². The van der Waals surface area contributed by atoms with Gasteiger partial charge in [-0.3, -0.25) is 0 Å². The lowest BCUT2D eigenvalue weighted by molar-refractivity contribution is -0.186. The maximum atomic E-state index is 14.5. The van der Waals surface area contributed by atoms with Crippen LogP contribution in [-0.2, 0) is 19.0 Å². The Labute approximate surface area is 157 Å². The molecule has 3 aromatic carbocycles. The molecule has 0 radical (unpaired) electrons. The summed E-state index contributed by atoms with van der Waals surface area (Å²) in [6.07, 6.45) is 0.0301. The number of ether oxygens (including phenoxy) is 1. The van der Waals surface area contributed by atoms with E-state index in [2.05, 4.69) is 6.92 Å². The van der Waals surface area contributed by atoms with E-state index in [0.717, 1.165) is 36.8 Å². The molecular formula is C23H23F3O. The maximum Gasteiger partial charge on any atom is 0.426 e. The van der Waals surface area contributed by atoms with Crippen molar-refractivity contribution in [2.24, 2.45) is 0 Å². The molecule has 1 nitrogen and oxygen atoms in total. The van der Waals surface area contributed by atoms with Gasteiger partial charge in [0.1, 0.15) is 0 Å². The summed E-state index contributed by atoms with van der Waals surface area (Å²) in [6.45, 7) is 4.10. The van der Waals surface area contributed by atoms with Crippen LogP contribution in [0.25, 0.3) is 10.8 Å². The van der Waals surface area contributed by atoms with Gasteiger partial charge in [0.05, 0.1) is 5.56 Å². The highest BCUT2D eigenvalue weighted by molar-refractivity contribution is 5.84. The number of benzene rings is 3. The molecule has 0 N–H and O–H groups in total. The molecule has 0 aliphatic heterocycles. The topological polar surface area (TPSA) is 9.23 Å². The lowest BCUT2D eigenvalue weighted by atomic mass is 10.0. The molecule has 0 fully saturated rings. The van der Waals surface area contributed by atoms with Gasteiger partial charge in [-0.05, 0) is 59.0 Å². The fourth-order valence-electron chi connectivity index (χ4n) is 3.17. The van der Waals surface area contributed by atoms with Crippen molar-refractivity contribution >= 4 is 10.8 Å². The molecule has 0 amide bonds. The van der Waals surface area contributed by atoms with Gasteiger partial charge in [0.25, 0.3) is 0 Å². The van der Waals surface area contributed by atoms with Crippen LogP contribution in [0.5, 0.6) is 5.75 Å². The van der Waals surface area contributed by atoms with Crippen molar-refractivity contribution < 1.29 is 17.9 Å². The van der Waals surface area contributed by atoms with Crippen molar-refractivity contribution in [3.05, 3.63) is 77.1 Å². The Hall–Kier alpha value is -2.49. The van der Waals surface area contributed by atoms with E-state index in [1.54, 1.807) is 12.1 Å². The zero-order valence-electron chi connectivity index (χ0n) is 15.6. The summed E-state index contributed by atoms with van der Waals surface area (Å²) < 4.78 is 48.2. The van der Waals surface area contributed by atoms with Gasteiger partial charge in [-0.15, -0.1) is 0 Å². The smallest absolute Gasteiger partial charge is 0.426 e. The van der Waals surface area contributed by atoms with Gasteiger partial charge < -0.3 is 4.74 Å². The lowest BCUT2D eigenvalue weighted by Crippen LogP contribution is -2.22. The molecule has 142 valence electrons. The number of aryl methyl sites for hydroxylation is 2. The summed E-state index contributed by atoms with van der Waals surface area (Å²) >= 11 is 0. The molecular weight excluding hydrogens is 349 g/mol. The van der Waals surface area contributed by atoms with Gasteiger partial charge in [0.15, 0.2) is 11.6 Å². The van der Waals surface area contributed by atoms with Crippen LogP contribution in [0.1, 0.15) is 43.4 Å². The molecule has 0 saturated heterocycles. The summed E-state index contributed by atoms with van der Waals surface area (Å²) in [5.41, 5.74) is 1.78. The van der Waals surface area contributed by atoms with Crippen LogP contribution in [0.4, 0.5) is 13.2 Å². The molecule has 0 aliphatic rings. The Morgan fingerprint density at radius 3 is 2.07 bits per heavy atom. The van der Waals surface area contributed by atoms with E-state index >= 15 is 0 Å². The summed E-state index contributed by atoms with van der Waals surface area (Å²) in [4.78, 5) is 0. The van der Waals surface area contributed by atoms with Crippen molar-refractivity contribution in [1.29, 1.82) is 0 Å². The Morgan fingerprint density at radius 1 is 0.778 bits per heavy atom. The quantitative estimate of drug-likeness (QED) is 0.433. The van der Waals surface area contributed by atoms with Crippen molar-refractivity contribution in [1.82, 2.24) is 0 Å². The largest absolute Gasteiger partial charge is 0.426 e. The van der Waals surface area contributed by atoms with E-state index in [9.17, 15) is 13.2 Å². The first-order valence-corrected chi connectivity index (χ1v) is 9.31. The zero-order valence-corrected chi connectivity index (χ0v) is 15.6. The van der Waals surface area contributed by atoms with Crippen LogP contribution in [0, 0.1) is 5.82 Å². The minimum Gasteiger partial charge on any atom is -0.426 e. The highest BCUT2D eigenvalue weighted by atomic mass is 19.3. The number of halogens is 3. The summed E-state index contributed by atoms with van der Waals surface area (Å²) in [5, 5.41) is 1.35. The molecule has 4 heteroatoms. The van der Waals surface area contributed by atoms with E-state index in [4.69, 9.17) is 4.74 Å². The second-order valence-electron chi connectivity index (χ2n) is 6.78. The fraction of sp³-hybridized carbons (Fsp3) is 0.304. The van der Waals surface area contributed by atoms with E-state index in [1.807, 2.05) is 25.1 Å². The maximum absolute atomic E-state index is 14.5. The third kappa shape index (κ3) is 4.44. The van der Waals surface area contributed by atoms with Crippen LogP contribution < -0.4 is 4.74 Å². The Morgan fingerprint density at radius 2 is 1.41 bits per heavy atom. The van der Waals surface area contributed by atoms with Crippen molar-refractivity contribution in [2.45, 2.75) is 45.6 Å². The average molecular weight is 372 g/mol. The highest BCUT2D eigenvalue weighted by Crippen LogP contribution is 2.35. The first kappa shape index (κ1) is 19.3. The first-order chi connectivity index (χ1) is 12.9. The van der Waals surface area contributed by atoms with Crippen molar-refractivity contribution in [3.63, 3.8) is 0 Å². The molecule has 0 spiro atoms. The van der Waals surface area contributed by atoms with Gasteiger partial charge >= 0.3 is 6.11 Å². The fourth-order valence-corrected chi connectivity index (χ4v) is 3.17. The van der Waals surface area contributed by atoms with Crippen LogP contribution in [-0.4, -0.2) is 0 Å². The van der Waals surface area contributed by atoms with Gasteiger partial charge in [-0.2, -0.15) is 8.78 Å². The molecule has 0 unspecified atom stereocenters. The van der Waals surface area contributed by atoms with Gasteiger partial charge in [-0.1, -0.05) is 57.0 Å². The number of alkyl halides is 2. The second-order valence-corrected chi connectivity index (χ2v) is 6.78.